The summed E-state index contributed by atoms with van der Waals surface area (Å²) in [5.41, 5.74) is 5.84. The molecule has 5 nitrogen and oxygen atoms in total. The zero-order valence-corrected chi connectivity index (χ0v) is 11.0. The number of carbonyl (C=O) groups is 1. The average molecular weight is 256 g/mol. The van der Waals surface area contributed by atoms with Gasteiger partial charge in [-0.25, -0.2) is 0 Å². The molecule has 6 heteroatoms. The first-order chi connectivity index (χ1) is 8.24. The number of unbranched alkanes of at least 4 members (excludes halogenated alkanes) is 3. The van der Waals surface area contributed by atoms with Crippen molar-refractivity contribution in [3.63, 3.8) is 0 Å². The van der Waals surface area contributed by atoms with Crippen LogP contribution in [0.4, 0.5) is 5.82 Å². The van der Waals surface area contributed by atoms with Gasteiger partial charge >= 0.3 is 0 Å². The van der Waals surface area contributed by atoms with Gasteiger partial charge in [0.2, 0.25) is 0 Å². The molecule has 1 rings (SSSR count). The van der Waals surface area contributed by atoms with Crippen molar-refractivity contribution in [2.24, 2.45) is 0 Å². The Balaban J connectivity index is 2.05. The Hall–Kier alpha value is -1.17. The molecule has 1 aromatic heterocycles. The zero-order chi connectivity index (χ0) is 12.5. The van der Waals surface area contributed by atoms with Crippen molar-refractivity contribution >= 4 is 23.5 Å². The van der Waals surface area contributed by atoms with Gasteiger partial charge in [-0.15, -0.1) is 0 Å². The molecular weight excluding hydrogens is 236 g/mol. The third-order valence-electron chi connectivity index (χ3n) is 2.40. The number of aromatic nitrogens is 2. The topological polar surface area (TPSA) is 83.8 Å². The molecule has 0 atom stereocenters. The predicted octanol–water partition coefficient (Wildman–Crippen LogP) is 1.65. The number of nitrogen functional groups attached to an aromatic ring is 1. The molecule has 0 aliphatic rings. The summed E-state index contributed by atoms with van der Waals surface area (Å²) in [6, 6.07) is 1.54. The SMILES string of the molecule is CSCCCCCCNC(=O)c1cc(N)n[nH]1. The van der Waals surface area contributed by atoms with E-state index in [2.05, 4.69) is 21.8 Å². The van der Waals surface area contributed by atoms with E-state index in [0.717, 1.165) is 12.8 Å². The maximum atomic E-state index is 11.6. The summed E-state index contributed by atoms with van der Waals surface area (Å²) < 4.78 is 0. The Kier molecular flexibility index (Phi) is 6.54. The van der Waals surface area contributed by atoms with Crippen LogP contribution in [0.1, 0.15) is 36.2 Å². The number of nitrogens with one attached hydrogen (secondary N) is 2. The predicted molar refractivity (Wildman–Crippen MR) is 72.2 cm³/mol. The van der Waals surface area contributed by atoms with Gasteiger partial charge in [0, 0.05) is 12.6 Å². The van der Waals surface area contributed by atoms with E-state index in [1.165, 1.54) is 24.7 Å². The highest BCUT2D eigenvalue weighted by Gasteiger charge is 2.06. The molecule has 0 fully saturated rings. The Morgan fingerprint density at radius 1 is 1.47 bits per heavy atom. The molecular formula is C11H20N4OS. The van der Waals surface area contributed by atoms with Crippen LogP contribution in [0.2, 0.25) is 0 Å². The second kappa shape index (κ2) is 8.00. The number of carbonyl (C=O) groups excluding carboxylic acids is 1. The molecule has 0 aromatic carbocycles. The minimum absolute atomic E-state index is 0.140. The number of thioether (sulfide) groups is 1. The summed E-state index contributed by atoms with van der Waals surface area (Å²) in [7, 11) is 0. The van der Waals surface area contributed by atoms with Crippen LogP contribution in [-0.2, 0) is 0 Å². The molecule has 96 valence electrons. The molecule has 0 spiro atoms. The molecule has 0 aliphatic heterocycles. The van der Waals surface area contributed by atoms with E-state index in [-0.39, 0.29) is 5.91 Å². The summed E-state index contributed by atoms with van der Waals surface area (Å²) in [6.45, 7) is 0.705. The van der Waals surface area contributed by atoms with E-state index < -0.39 is 0 Å². The quantitative estimate of drug-likeness (QED) is 0.617. The molecule has 1 amide bonds. The fourth-order valence-electron chi connectivity index (χ4n) is 1.48. The van der Waals surface area contributed by atoms with Gasteiger partial charge in [0.05, 0.1) is 0 Å². The summed E-state index contributed by atoms with van der Waals surface area (Å²) in [6.07, 6.45) is 6.78. The fraction of sp³-hybridized carbons (Fsp3) is 0.636. The number of hydrogen-bond acceptors (Lipinski definition) is 4. The van der Waals surface area contributed by atoms with Gasteiger partial charge in [-0.05, 0) is 24.9 Å². The number of anilines is 1. The molecule has 4 N–H and O–H groups in total. The van der Waals surface area contributed by atoms with Crippen molar-refractivity contribution in [2.45, 2.75) is 25.7 Å². The largest absolute Gasteiger partial charge is 0.382 e. The van der Waals surface area contributed by atoms with Crippen LogP contribution in [0.5, 0.6) is 0 Å². The molecule has 1 aromatic rings. The van der Waals surface area contributed by atoms with E-state index in [0.29, 0.717) is 18.1 Å². The monoisotopic (exact) mass is 256 g/mol. The Morgan fingerprint density at radius 3 is 2.88 bits per heavy atom. The zero-order valence-electron chi connectivity index (χ0n) is 10.2. The van der Waals surface area contributed by atoms with Crippen LogP contribution in [0.3, 0.4) is 0 Å². The lowest BCUT2D eigenvalue weighted by Crippen LogP contribution is -2.24. The van der Waals surface area contributed by atoms with Gasteiger partial charge in [0.15, 0.2) is 0 Å². The Labute approximate surface area is 106 Å². The third-order valence-corrected chi connectivity index (χ3v) is 3.10. The number of rotatable bonds is 8. The highest BCUT2D eigenvalue weighted by molar-refractivity contribution is 7.98. The van der Waals surface area contributed by atoms with Crippen LogP contribution in [0.15, 0.2) is 6.07 Å². The van der Waals surface area contributed by atoms with Gasteiger partial charge < -0.3 is 11.1 Å². The fourth-order valence-corrected chi connectivity index (χ4v) is 1.97. The number of H-pyrrole nitrogens is 1. The van der Waals surface area contributed by atoms with Crippen molar-refractivity contribution in [1.82, 2.24) is 15.5 Å². The van der Waals surface area contributed by atoms with Crippen molar-refractivity contribution in [3.05, 3.63) is 11.8 Å². The van der Waals surface area contributed by atoms with Crippen LogP contribution in [-0.4, -0.2) is 34.7 Å². The number of amides is 1. The summed E-state index contributed by atoms with van der Waals surface area (Å²) in [5, 5.41) is 9.12. The minimum atomic E-state index is -0.140. The molecule has 0 bridgehead atoms. The molecule has 0 saturated heterocycles. The molecule has 1 heterocycles. The van der Waals surface area contributed by atoms with Gasteiger partial charge in [-0.1, -0.05) is 12.8 Å². The third kappa shape index (κ3) is 5.63. The first-order valence-corrected chi connectivity index (χ1v) is 7.21. The Bertz CT molecular complexity index is 340. The molecule has 0 radical (unpaired) electrons. The highest BCUT2D eigenvalue weighted by atomic mass is 32.2. The van der Waals surface area contributed by atoms with Crippen molar-refractivity contribution < 1.29 is 4.79 Å². The smallest absolute Gasteiger partial charge is 0.269 e. The van der Waals surface area contributed by atoms with Crippen molar-refractivity contribution in [2.75, 3.05) is 24.3 Å². The van der Waals surface area contributed by atoms with E-state index in [4.69, 9.17) is 5.73 Å². The van der Waals surface area contributed by atoms with Gasteiger partial charge in [0.1, 0.15) is 11.5 Å². The van der Waals surface area contributed by atoms with E-state index in [9.17, 15) is 4.79 Å². The lowest BCUT2D eigenvalue weighted by Gasteiger charge is -2.03. The molecule has 17 heavy (non-hydrogen) atoms. The average Bonchev–Trinajstić information content (AvgIpc) is 2.74. The number of nitrogens with two attached hydrogens (primary N) is 1. The standard InChI is InChI=1S/C11H20N4OS/c1-17-7-5-3-2-4-6-13-11(16)9-8-10(12)15-14-9/h8H,2-7H2,1H3,(H,13,16)(H3,12,14,15). The maximum absolute atomic E-state index is 11.6. The van der Waals surface area contributed by atoms with E-state index in [1.807, 2.05) is 11.8 Å². The molecule has 0 unspecified atom stereocenters. The first kappa shape index (κ1) is 13.9. The molecule has 0 aliphatic carbocycles. The maximum Gasteiger partial charge on any atom is 0.269 e. The number of aromatic amines is 1. The van der Waals surface area contributed by atoms with Gasteiger partial charge in [-0.3, -0.25) is 9.89 Å². The van der Waals surface area contributed by atoms with Crippen LogP contribution in [0.25, 0.3) is 0 Å². The second-order valence-electron chi connectivity index (χ2n) is 3.87. The van der Waals surface area contributed by atoms with Crippen LogP contribution >= 0.6 is 11.8 Å². The van der Waals surface area contributed by atoms with Crippen LogP contribution in [0, 0.1) is 0 Å². The van der Waals surface area contributed by atoms with E-state index in [1.54, 1.807) is 0 Å². The lowest BCUT2D eigenvalue weighted by molar-refractivity contribution is 0.0948. The summed E-state index contributed by atoms with van der Waals surface area (Å²) in [5.74, 6) is 1.42. The minimum Gasteiger partial charge on any atom is -0.382 e. The number of hydrogen-bond donors (Lipinski definition) is 3. The normalized spacial score (nSPS) is 10.4. The van der Waals surface area contributed by atoms with E-state index >= 15 is 0 Å². The first-order valence-electron chi connectivity index (χ1n) is 5.82. The van der Waals surface area contributed by atoms with Crippen LogP contribution < -0.4 is 11.1 Å². The highest BCUT2D eigenvalue weighted by Crippen LogP contribution is 2.04. The van der Waals surface area contributed by atoms with Gasteiger partial charge in [0.25, 0.3) is 5.91 Å². The second-order valence-corrected chi connectivity index (χ2v) is 4.85. The van der Waals surface area contributed by atoms with Crippen molar-refractivity contribution in [3.8, 4) is 0 Å². The van der Waals surface area contributed by atoms with Gasteiger partial charge in [-0.2, -0.15) is 16.9 Å². The number of nitrogens with zero attached hydrogens (tertiary/aromatic N) is 1. The molecule has 0 saturated carbocycles. The summed E-state index contributed by atoms with van der Waals surface area (Å²) >= 11 is 1.88. The Morgan fingerprint density at radius 2 is 2.24 bits per heavy atom. The van der Waals surface area contributed by atoms with Crippen molar-refractivity contribution in [1.29, 1.82) is 0 Å². The summed E-state index contributed by atoms with van der Waals surface area (Å²) in [4.78, 5) is 11.6. The lowest BCUT2D eigenvalue weighted by atomic mass is 10.2.